The molecule has 0 aliphatic heterocycles. The van der Waals surface area contributed by atoms with Gasteiger partial charge in [0.2, 0.25) is 0 Å². The van der Waals surface area contributed by atoms with Crippen LogP contribution >= 0.6 is 27.5 Å². The number of alkyl halides is 2. The van der Waals surface area contributed by atoms with Crippen molar-refractivity contribution in [3.05, 3.63) is 0 Å². The summed E-state index contributed by atoms with van der Waals surface area (Å²) in [4.78, 5) is 10.7. The zero-order chi connectivity index (χ0) is 6.20. The molecule has 0 saturated heterocycles. The Balaban J connectivity index is 2.46. The van der Waals surface area contributed by atoms with Gasteiger partial charge in [0, 0.05) is 0 Å². The lowest BCUT2D eigenvalue weighted by Gasteiger charge is -1.97. The SMILES string of the molecule is O=C(CCl)C1(Br)CC1. The highest BCUT2D eigenvalue weighted by Crippen LogP contribution is 2.45. The molecule has 0 heterocycles. The maximum absolute atomic E-state index is 10.7. The Kier molecular flexibility index (Phi) is 1.63. The molecule has 0 aromatic carbocycles. The van der Waals surface area contributed by atoms with Crippen LogP contribution < -0.4 is 0 Å². The van der Waals surface area contributed by atoms with E-state index in [2.05, 4.69) is 15.9 Å². The van der Waals surface area contributed by atoms with Gasteiger partial charge in [-0.2, -0.15) is 0 Å². The van der Waals surface area contributed by atoms with Gasteiger partial charge < -0.3 is 0 Å². The molecule has 8 heavy (non-hydrogen) atoms. The van der Waals surface area contributed by atoms with Crippen LogP contribution in [-0.2, 0) is 4.79 Å². The third-order valence-corrected chi connectivity index (χ3v) is 2.79. The predicted octanol–water partition coefficient (Wildman–Crippen LogP) is 1.72. The van der Waals surface area contributed by atoms with Crippen molar-refractivity contribution in [1.29, 1.82) is 0 Å². The highest BCUT2D eigenvalue weighted by atomic mass is 79.9. The molecule has 46 valence electrons. The van der Waals surface area contributed by atoms with E-state index < -0.39 is 0 Å². The number of halogens is 2. The molecule has 1 fully saturated rings. The summed E-state index contributed by atoms with van der Waals surface area (Å²) in [5.41, 5.74) is 0. The molecule has 1 saturated carbocycles. The summed E-state index contributed by atoms with van der Waals surface area (Å²) in [6, 6.07) is 0. The van der Waals surface area contributed by atoms with Gasteiger partial charge in [-0.1, -0.05) is 15.9 Å². The first-order valence-electron chi connectivity index (χ1n) is 2.47. The van der Waals surface area contributed by atoms with Crippen LogP contribution in [0.3, 0.4) is 0 Å². The van der Waals surface area contributed by atoms with Crippen LogP contribution in [0.15, 0.2) is 0 Å². The van der Waals surface area contributed by atoms with Crippen LogP contribution in [0.1, 0.15) is 12.8 Å². The fourth-order valence-electron chi connectivity index (χ4n) is 0.508. The number of hydrogen-bond acceptors (Lipinski definition) is 1. The Morgan fingerprint density at radius 1 is 1.75 bits per heavy atom. The summed E-state index contributed by atoms with van der Waals surface area (Å²) in [5, 5.41) is 0. The molecule has 0 unspecified atom stereocenters. The van der Waals surface area contributed by atoms with Gasteiger partial charge in [0.25, 0.3) is 0 Å². The van der Waals surface area contributed by atoms with E-state index in [9.17, 15) is 4.79 Å². The fourth-order valence-corrected chi connectivity index (χ4v) is 1.26. The topological polar surface area (TPSA) is 17.1 Å². The minimum atomic E-state index is -0.200. The van der Waals surface area contributed by atoms with E-state index in [1.54, 1.807) is 0 Å². The smallest absolute Gasteiger partial charge is 0.164 e. The van der Waals surface area contributed by atoms with Crippen LogP contribution in [0, 0.1) is 0 Å². The van der Waals surface area contributed by atoms with Crippen LogP contribution in [0.25, 0.3) is 0 Å². The van der Waals surface area contributed by atoms with Gasteiger partial charge in [-0.25, -0.2) is 0 Å². The van der Waals surface area contributed by atoms with Gasteiger partial charge in [-0.05, 0) is 12.8 Å². The van der Waals surface area contributed by atoms with Gasteiger partial charge in [0.1, 0.15) is 0 Å². The van der Waals surface area contributed by atoms with E-state index in [0.717, 1.165) is 12.8 Å². The largest absolute Gasteiger partial charge is 0.297 e. The van der Waals surface area contributed by atoms with Gasteiger partial charge in [-0.15, -0.1) is 11.6 Å². The van der Waals surface area contributed by atoms with E-state index in [4.69, 9.17) is 11.6 Å². The molecule has 3 heteroatoms. The zero-order valence-corrected chi connectivity index (χ0v) is 6.63. The number of carbonyl (C=O) groups is 1. The van der Waals surface area contributed by atoms with Crippen LogP contribution in [0.2, 0.25) is 0 Å². The van der Waals surface area contributed by atoms with Crippen molar-refractivity contribution < 1.29 is 4.79 Å². The summed E-state index contributed by atoms with van der Waals surface area (Å²) in [7, 11) is 0. The van der Waals surface area contributed by atoms with E-state index in [1.807, 2.05) is 0 Å². The van der Waals surface area contributed by atoms with Crippen molar-refractivity contribution in [3.63, 3.8) is 0 Å². The fraction of sp³-hybridized carbons (Fsp3) is 0.800. The molecule has 0 bridgehead atoms. The molecule has 0 radical (unpaired) electrons. The van der Waals surface area contributed by atoms with E-state index >= 15 is 0 Å². The maximum Gasteiger partial charge on any atom is 0.164 e. The quantitative estimate of drug-likeness (QED) is 0.616. The van der Waals surface area contributed by atoms with Crippen molar-refractivity contribution in [3.8, 4) is 0 Å². The minimum absolute atomic E-state index is 0.124. The average molecular weight is 197 g/mol. The lowest BCUT2D eigenvalue weighted by atomic mass is 10.3. The second kappa shape index (κ2) is 1.99. The molecule has 0 aromatic rings. The minimum Gasteiger partial charge on any atom is -0.297 e. The molecule has 1 nitrogen and oxygen atoms in total. The summed E-state index contributed by atoms with van der Waals surface area (Å²) in [6.45, 7) is 0. The number of hydrogen-bond donors (Lipinski definition) is 0. The molecule has 1 rings (SSSR count). The Morgan fingerprint density at radius 3 is 2.38 bits per heavy atom. The summed E-state index contributed by atoms with van der Waals surface area (Å²) >= 11 is 8.58. The molecule has 0 aromatic heterocycles. The first kappa shape index (κ1) is 6.56. The van der Waals surface area contributed by atoms with E-state index in [1.165, 1.54) is 0 Å². The molecular formula is C5H6BrClO. The van der Waals surface area contributed by atoms with Crippen molar-refractivity contribution in [1.82, 2.24) is 0 Å². The standard InChI is InChI=1S/C5H6BrClO/c6-5(1-2-5)4(8)3-7/h1-3H2. The highest BCUT2D eigenvalue weighted by Gasteiger charge is 2.46. The lowest BCUT2D eigenvalue weighted by Crippen LogP contribution is -2.15. The van der Waals surface area contributed by atoms with Crippen LogP contribution in [-0.4, -0.2) is 16.0 Å². The summed E-state index contributed by atoms with van der Waals surface area (Å²) in [5.74, 6) is 0.268. The molecule has 0 amide bonds. The average Bonchev–Trinajstić information content (AvgIpc) is 2.47. The third-order valence-electron chi connectivity index (χ3n) is 1.31. The summed E-state index contributed by atoms with van der Waals surface area (Å²) in [6.07, 6.45) is 1.91. The second-order valence-electron chi connectivity index (χ2n) is 2.02. The van der Waals surface area contributed by atoms with Crippen LogP contribution in [0.4, 0.5) is 0 Å². The third kappa shape index (κ3) is 1.06. The monoisotopic (exact) mass is 196 g/mol. The van der Waals surface area contributed by atoms with Crippen LogP contribution in [0.5, 0.6) is 0 Å². The Bertz CT molecular complexity index is 120. The molecule has 1 aliphatic carbocycles. The molecule has 1 aliphatic rings. The maximum atomic E-state index is 10.7. The Hall–Kier alpha value is 0.440. The number of carbonyl (C=O) groups excluding carboxylic acids is 1. The van der Waals surface area contributed by atoms with Crippen molar-refractivity contribution in [2.24, 2.45) is 0 Å². The molecule has 0 atom stereocenters. The molecular weight excluding hydrogens is 191 g/mol. The zero-order valence-electron chi connectivity index (χ0n) is 4.29. The Morgan fingerprint density at radius 2 is 2.25 bits per heavy atom. The van der Waals surface area contributed by atoms with Crippen molar-refractivity contribution >= 4 is 33.3 Å². The van der Waals surface area contributed by atoms with Gasteiger partial charge >= 0.3 is 0 Å². The van der Waals surface area contributed by atoms with E-state index in [0.29, 0.717) is 0 Å². The number of rotatable bonds is 2. The van der Waals surface area contributed by atoms with Gasteiger partial charge in [-0.3, -0.25) is 4.79 Å². The second-order valence-corrected chi connectivity index (χ2v) is 3.81. The Labute approximate surface area is 61.5 Å². The predicted molar refractivity (Wildman–Crippen MR) is 36.6 cm³/mol. The lowest BCUT2D eigenvalue weighted by molar-refractivity contribution is -0.116. The highest BCUT2D eigenvalue weighted by molar-refractivity contribution is 9.10. The molecule has 0 N–H and O–H groups in total. The number of ketones is 1. The normalized spacial score (nSPS) is 22.8. The summed E-state index contributed by atoms with van der Waals surface area (Å²) < 4.78 is -0.200. The van der Waals surface area contributed by atoms with Crippen molar-refractivity contribution in [2.45, 2.75) is 17.2 Å². The number of Topliss-reactive ketones (excluding diaryl/α,β-unsaturated/α-hetero) is 1. The van der Waals surface area contributed by atoms with Crippen molar-refractivity contribution in [2.75, 3.05) is 5.88 Å². The van der Waals surface area contributed by atoms with Gasteiger partial charge in [0.15, 0.2) is 5.78 Å². The first-order chi connectivity index (χ1) is 3.69. The molecule has 0 spiro atoms. The van der Waals surface area contributed by atoms with E-state index in [-0.39, 0.29) is 16.0 Å². The first-order valence-corrected chi connectivity index (χ1v) is 3.80. The van der Waals surface area contributed by atoms with Gasteiger partial charge in [0.05, 0.1) is 10.2 Å².